The topological polar surface area (TPSA) is 42.7 Å². The van der Waals surface area contributed by atoms with Crippen LogP contribution in [0.2, 0.25) is 0 Å². The van der Waals surface area contributed by atoms with Gasteiger partial charge in [-0.25, -0.2) is 9.97 Å². The predicted octanol–water partition coefficient (Wildman–Crippen LogP) is 2.52. The lowest BCUT2D eigenvalue weighted by Crippen LogP contribution is -2.15. The molecule has 1 N–H and O–H groups in total. The Morgan fingerprint density at radius 3 is 3.10 bits per heavy atom. The molecule has 0 aliphatic heterocycles. The first-order chi connectivity index (χ1) is 9.88. The number of aromatic nitrogens is 3. The molecular formula is C15H20N4S. The summed E-state index contributed by atoms with van der Waals surface area (Å²) in [7, 11) is 0. The van der Waals surface area contributed by atoms with Crippen LogP contribution in [0.4, 0.5) is 0 Å². The van der Waals surface area contributed by atoms with Gasteiger partial charge in [0.2, 0.25) is 0 Å². The van der Waals surface area contributed by atoms with Crippen molar-refractivity contribution in [3.05, 3.63) is 33.8 Å². The minimum absolute atomic E-state index is 0.753. The van der Waals surface area contributed by atoms with Crippen molar-refractivity contribution in [2.75, 3.05) is 0 Å². The molecule has 2 aliphatic rings. The number of thiazole rings is 1. The number of rotatable bonds is 5. The summed E-state index contributed by atoms with van der Waals surface area (Å²) in [5.41, 5.74) is 3.91. The van der Waals surface area contributed by atoms with Crippen LogP contribution >= 0.6 is 11.3 Å². The quantitative estimate of drug-likeness (QED) is 0.919. The van der Waals surface area contributed by atoms with Crippen LogP contribution in [0.1, 0.15) is 47.8 Å². The fourth-order valence-electron chi connectivity index (χ4n) is 2.86. The van der Waals surface area contributed by atoms with Crippen LogP contribution in [0.15, 0.2) is 11.7 Å². The Labute approximate surface area is 123 Å². The van der Waals surface area contributed by atoms with E-state index in [0.29, 0.717) is 0 Å². The number of imidazole rings is 1. The Kier molecular flexibility index (Phi) is 3.32. The Morgan fingerprint density at radius 1 is 1.30 bits per heavy atom. The van der Waals surface area contributed by atoms with Gasteiger partial charge < -0.3 is 9.88 Å². The monoisotopic (exact) mass is 288 g/mol. The highest BCUT2D eigenvalue weighted by Crippen LogP contribution is 2.22. The summed E-state index contributed by atoms with van der Waals surface area (Å²) >= 11 is 1.77. The third-order valence-corrected chi connectivity index (χ3v) is 5.06. The average molecular weight is 288 g/mol. The Bertz CT molecular complexity index is 597. The van der Waals surface area contributed by atoms with E-state index in [-0.39, 0.29) is 0 Å². The van der Waals surface area contributed by atoms with E-state index in [1.54, 1.807) is 11.3 Å². The molecule has 2 heterocycles. The normalized spacial score (nSPS) is 18.2. The van der Waals surface area contributed by atoms with Gasteiger partial charge >= 0.3 is 0 Å². The molecule has 2 aliphatic carbocycles. The van der Waals surface area contributed by atoms with Crippen molar-refractivity contribution in [1.29, 1.82) is 0 Å². The van der Waals surface area contributed by atoms with Crippen molar-refractivity contribution in [3.8, 4) is 0 Å². The molecule has 1 saturated carbocycles. The number of fused-ring (bicyclic) bond motifs is 1. The summed E-state index contributed by atoms with van der Waals surface area (Å²) in [6.07, 6.45) is 9.58. The zero-order chi connectivity index (χ0) is 13.4. The second kappa shape index (κ2) is 5.30. The van der Waals surface area contributed by atoms with Crippen LogP contribution in [-0.2, 0) is 25.9 Å². The molecule has 2 aromatic rings. The summed E-state index contributed by atoms with van der Waals surface area (Å²) in [6.45, 7) is 1.81. The third-order valence-electron chi connectivity index (χ3n) is 4.16. The first-order valence-corrected chi connectivity index (χ1v) is 8.46. The average Bonchev–Trinajstić information content (AvgIpc) is 3.06. The first-order valence-electron chi connectivity index (χ1n) is 7.58. The molecule has 0 spiro atoms. The Balaban J connectivity index is 1.44. The highest BCUT2D eigenvalue weighted by Gasteiger charge is 2.20. The number of aryl methyl sites for hydroxylation is 1. The highest BCUT2D eigenvalue weighted by molar-refractivity contribution is 7.09. The van der Waals surface area contributed by atoms with Gasteiger partial charge in [-0.2, -0.15) is 0 Å². The Hall–Kier alpha value is -1.20. The molecular weight excluding hydrogens is 268 g/mol. The molecule has 4 nitrogen and oxygen atoms in total. The maximum atomic E-state index is 4.74. The van der Waals surface area contributed by atoms with Crippen molar-refractivity contribution in [2.45, 2.75) is 57.7 Å². The second-order valence-corrected chi connectivity index (χ2v) is 6.80. The van der Waals surface area contributed by atoms with Gasteiger partial charge in [0.1, 0.15) is 5.01 Å². The first kappa shape index (κ1) is 12.5. The third kappa shape index (κ3) is 2.65. The van der Waals surface area contributed by atoms with Crippen molar-refractivity contribution < 1.29 is 0 Å². The molecule has 20 heavy (non-hydrogen) atoms. The van der Waals surface area contributed by atoms with E-state index in [1.165, 1.54) is 54.2 Å². The number of hydrogen-bond donors (Lipinski definition) is 1. The van der Waals surface area contributed by atoms with Crippen LogP contribution in [0, 0.1) is 0 Å². The van der Waals surface area contributed by atoms with Crippen molar-refractivity contribution >= 4 is 11.3 Å². The minimum atomic E-state index is 0.753. The molecule has 0 unspecified atom stereocenters. The maximum Gasteiger partial charge on any atom is 0.107 e. The molecule has 0 radical (unpaired) electrons. The van der Waals surface area contributed by atoms with E-state index in [2.05, 4.69) is 20.2 Å². The number of nitrogens with zero attached hydrogens (tertiary/aromatic N) is 3. The Morgan fingerprint density at radius 2 is 2.20 bits per heavy atom. The van der Waals surface area contributed by atoms with Gasteiger partial charge in [-0.05, 0) is 38.5 Å². The molecule has 106 valence electrons. The maximum absolute atomic E-state index is 4.74. The van der Waals surface area contributed by atoms with E-state index in [9.17, 15) is 0 Å². The molecule has 5 heteroatoms. The van der Waals surface area contributed by atoms with Crippen LogP contribution in [0.5, 0.6) is 0 Å². The molecule has 0 aromatic carbocycles. The van der Waals surface area contributed by atoms with Gasteiger partial charge in [0, 0.05) is 23.7 Å². The predicted molar refractivity (Wildman–Crippen MR) is 79.9 cm³/mol. The smallest absolute Gasteiger partial charge is 0.107 e. The minimum Gasteiger partial charge on any atom is -0.328 e. The van der Waals surface area contributed by atoms with E-state index in [0.717, 1.165) is 25.6 Å². The SMILES string of the molecule is c1sc(CNC2CC2)nc1Cn1cnc2c1CCCC2. The van der Waals surface area contributed by atoms with Gasteiger partial charge in [-0.3, -0.25) is 0 Å². The summed E-state index contributed by atoms with van der Waals surface area (Å²) in [6, 6.07) is 0.753. The summed E-state index contributed by atoms with van der Waals surface area (Å²) < 4.78 is 2.29. The molecule has 4 rings (SSSR count). The van der Waals surface area contributed by atoms with Gasteiger partial charge in [-0.15, -0.1) is 11.3 Å². The lowest BCUT2D eigenvalue weighted by Gasteiger charge is -2.13. The van der Waals surface area contributed by atoms with Crippen molar-refractivity contribution in [1.82, 2.24) is 19.9 Å². The van der Waals surface area contributed by atoms with Gasteiger partial charge in [0.25, 0.3) is 0 Å². The standard InChI is InChI=1S/C15H20N4S/c1-2-4-14-13(3-1)17-10-19(14)8-12-9-20-15(18-12)7-16-11-5-6-11/h9-11,16H,1-8H2. The van der Waals surface area contributed by atoms with Crippen LogP contribution in [-0.4, -0.2) is 20.6 Å². The van der Waals surface area contributed by atoms with E-state index >= 15 is 0 Å². The highest BCUT2D eigenvalue weighted by atomic mass is 32.1. The number of nitrogens with one attached hydrogen (secondary N) is 1. The molecule has 1 fully saturated rings. The summed E-state index contributed by atoms with van der Waals surface area (Å²) in [5.74, 6) is 0. The van der Waals surface area contributed by atoms with Crippen LogP contribution in [0.25, 0.3) is 0 Å². The van der Waals surface area contributed by atoms with Crippen molar-refractivity contribution in [2.24, 2.45) is 0 Å². The van der Waals surface area contributed by atoms with E-state index < -0.39 is 0 Å². The lowest BCUT2D eigenvalue weighted by atomic mass is 10.0. The molecule has 0 amide bonds. The van der Waals surface area contributed by atoms with Gasteiger partial charge in [-0.1, -0.05) is 0 Å². The van der Waals surface area contributed by atoms with E-state index in [1.807, 2.05) is 6.33 Å². The second-order valence-electron chi connectivity index (χ2n) is 5.86. The van der Waals surface area contributed by atoms with Crippen molar-refractivity contribution in [3.63, 3.8) is 0 Å². The summed E-state index contributed by atoms with van der Waals surface area (Å²) in [4.78, 5) is 9.29. The lowest BCUT2D eigenvalue weighted by molar-refractivity contribution is 0.624. The van der Waals surface area contributed by atoms with Crippen LogP contribution < -0.4 is 5.32 Å². The fraction of sp³-hybridized carbons (Fsp3) is 0.600. The molecule has 0 saturated heterocycles. The zero-order valence-corrected chi connectivity index (χ0v) is 12.5. The van der Waals surface area contributed by atoms with Crippen LogP contribution in [0.3, 0.4) is 0 Å². The number of hydrogen-bond acceptors (Lipinski definition) is 4. The van der Waals surface area contributed by atoms with Gasteiger partial charge in [0.05, 0.1) is 24.3 Å². The summed E-state index contributed by atoms with van der Waals surface area (Å²) in [5, 5.41) is 6.93. The zero-order valence-electron chi connectivity index (χ0n) is 11.6. The fourth-order valence-corrected chi connectivity index (χ4v) is 3.60. The molecule has 0 atom stereocenters. The van der Waals surface area contributed by atoms with Gasteiger partial charge in [0.15, 0.2) is 0 Å². The molecule has 0 bridgehead atoms. The van der Waals surface area contributed by atoms with E-state index in [4.69, 9.17) is 4.98 Å². The largest absolute Gasteiger partial charge is 0.328 e. The molecule has 2 aromatic heterocycles.